The molecule has 3 heterocycles. The summed E-state index contributed by atoms with van der Waals surface area (Å²) in [6, 6.07) is 12.9. The van der Waals surface area contributed by atoms with Crippen LogP contribution in [0.15, 0.2) is 53.5 Å². The molecule has 2 aromatic heterocycles. The number of aryl methyl sites for hydroxylation is 1. The van der Waals surface area contributed by atoms with Crippen LogP contribution in [0.25, 0.3) is 22.4 Å². The van der Waals surface area contributed by atoms with Crippen molar-refractivity contribution in [2.45, 2.75) is 57.7 Å². The molecule has 0 atom stereocenters. The number of piperidine rings is 1. The van der Waals surface area contributed by atoms with Gasteiger partial charge in [0, 0.05) is 49.0 Å². The molecule has 3 aromatic rings. The Bertz CT molecular complexity index is 1200. The number of hydrogen-bond acceptors (Lipinski definition) is 6. The second kappa shape index (κ2) is 8.30. The van der Waals surface area contributed by atoms with Crippen LogP contribution >= 0.6 is 0 Å². The van der Waals surface area contributed by atoms with E-state index in [2.05, 4.69) is 55.2 Å². The SMILES string of the molecule is CN(c1ccc(-c2cc(-c3ccn(C)c(=O)c3)ccc2O)nn1)C1CC(C)(C)NC(C)(C)C1. The third-order valence-corrected chi connectivity index (χ3v) is 6.44. The molecule has 33 heavy (non-hydrogen) atoms. The van der Waals surface area contributed by atoms with Crippen LogP contribution in [-0.2, 0) is 7.05 Å². The zero-order chi connectivity index (χ0) is 24.0. The summed E-state index contributed by atoms with van der Waals surface area (Å²) in [5.74, 6) is 0.930. The van der Waals surface area contributed by atoms with Gasteiger partial charge in [-0.05, 0) is 82.0 Å². The minimum absolute atomic E-state index is 0.0404. The van der Waals surface area contributed by atoms with Crippen molar-refractivity contribution in [3.05, 3.63) is 59.0 Å². The molecule has 0 unspecified atom stereocenters. The molecule has 7 heteroatoms. The van der Waals surface area contributed by atoms with Gasteiger partial charge in [-0.1, -0.05) is 6.07 Å². The number of hydrogen-bond donors (Lipinski definition) is 2. The maximum atomic E-state index is 12.0. The monoisotopic (exact) mass is 447 g/mol. The molecule has 0 spiro atoms. The van der Waals surface area contributed by atoms with Gasteiger partial charge in [0.2, 0.25) is 0 Å². The second-order valence-electron chi connectivity index (χ2n) is 10.4. The predicted octanol–water partition coefficient (Wildman–Crippen LogP) is 3.96. The van der Waals surface area contributed by atoms with E-state index in [1.54, 1.807) is 31.4 Å². The van der Waals surface area contributed by atoms with Gasteiger partial charge in [-0.15, -0.1) is 10.2 Å². The third-order valence-electron chi connectivity index (χ3n) is 6.44. The van der Waals surface area contributed by atoms with E-state index in [4.69, 9.17) is 0 Å². The van der Waals surface area contributed by atoms with Gasteiger partial charge < -0.3 is 19.9 Å². The highest BCUT2D eigenvalue weighted by atomic mass is 16.3. The molecule has 2 N–H and O–H groups in total. The Kier molecular flexibility index (Phi) is 5.78. The van der Waals surface area contributed by atoms with E-state index in [0.29, 0.717) is 17.3 Å². The summed E-state index contributed by atoms with van der Waals surface area (Å²) < 4.78 is 1.52. The van der Waals surface area contributed by atoms with Crippen molar-refractivity contribution < 1.29 is 5.11 Å². The lowest BCUT2D eigenvalue weighted by Crippen LogP contribution is -2.62. The lowest BCUT2D eigenvalue weighted by atomic mass is 9.79. The summed E-state index contributed by atoms with van der Waals surface area (Å²) in [7, 11) is 3.79. The van der Waals surface area contributed by atoms with Crippen molar-refractivity contribution >= 4 is 5.82 Å². The fourth-order valence-corrected chi connectivity index (χ4v) is 5.04. The van der Waals surface area contributed by atoms with Crippen LogP contribution in [0.1, 0.15) is 40.5 Å². The first kappa shape index (κ1) is 23.0. The van der Waals surface area contributed by atoms with E-state index < -0.39 is 0 Å². The molecule has 1 fully saturated rings. The van der Waals surface area contributed by atoms with E-state index in [1.807, 2.05) is 24.3 Å². The van der Waals surface area contributed by atoms with Crippen molar-refractivity contribution in [3.63, 3.8) is 0 Å². The minimum atomic E-state index is -0.0847. The Morgan fingerprint density at radius 3 is 2.27 bits per heavy atom. The first-order valence-corrected chi connectivity index (χ1v) is 11.3. The van der Waals surface area contributed by atoms with Crippen LogP contribution in [0.2, 0.25) is 0 Å². The van der Waals surface area contributed by atoms with Crippen LogP contribution in [0.3, 0.4) is 0 Å². The number of phenolic OH excluding ortho intramolecular Hbond substituents is 1. The van der Waals surface area contributed by atoms with Crippen molar-refractivity contribution in [1.29, 1.82) is 0 Å². The van der Waals surface area contributed by atoms with Gasteiger partial charge in [0.25, 0.3) is 5.56 Å². The normalized spacial score (nSPS) is 17.6. The van der Waals surface area contributed by atoms with Gasteiger partial charge in [0.05, 0.1) is 5.69 Å². The lowest BCUT2D eigenvalue weighted by molar-refractivity contribution is 0.160. The third kappa shape index (κ3) is 4.93. The predicted molar refractivity (Wildman–Crippen MR) is 133 cm³/mol. The molecule has 0 aliphatic carbocycles. The van der Waals surface area contributed by atoms with Crippen LogP contribution < -0.4 is 15.8 Å². The molecule has 1 aromatic carbocycles. The van der Waals surface area contributed by atoms with E-state index >= 15 is 0 Å². The van der Waals surface area contributed by atoms with Crippen LogP contribution in [0, 0.1) is 0 Å². The molecule has 1 aliphatic rings. The molecule has 174 valence electrons. The summed E-state index contributed by atoms with van der Waals surface area (Å²) in [5.41, 5.74) is 2.79. The molecule has 0 amide bonds. The van der Waals surface area contributed by atoms with Gasteiger partial charge in [-0.25, -0.2) is 0 Å². The minimum Gasteiger partial charge on any atom is -0.507 e. The Morgan fingerprint density at radius 1 is 1.00 bits per heavy atom. The van der Waals surface area contributed by atoms with Gasteiger partial charge in [-0.2, -0.15) is 0 Å². The van der Waals surface area contributed by atoms with Crippen molar-refractivity contribution in [2.75, 3.05) is 11.9 Å². The molecule has 1 aliphatic heterocycles. The first-order valence-electron chi connectivity index (χ1n) is 11.3. The van der Waals surface area contributed by atoms with Crippen molar-refractivity contribution in [3.8, 4) is 28.1 Å². The number of phenols is 1. The fourth-order valence-electron chi connectivity index (χ4n) is 5.04. The Labute approximate surface area is 195 Å². The number of benzene rings is 1. The largest absolute Gasteiger partial charge is 0.507 e. The number of nitrogens with zero attached hydrogens (tertiary/aromatic N) is 4. The highest BCUT2D eigenvalue weighted by Crippen LogP contribution is 2.34. The average Bonchev–Trinajstić information content (AvgIpc) is 2.73. The van der Waals surface area contributed by atoms with Crippen molar-refractivity contribution in [2.24, 2.45) is 7.05 Å². The molecule has 1 saturated heterocycles. The Morgan fingerprint density at radius 2 is 1.67 bits per heavy atom. The summed E-state index contributed by atoms with van der Waals surface area (Å²) >= 11 is 0. The Hall–Kier alpha value is -3.19. The van der Waals surface area contributed by atoms with Gasteiger partial charge in [-0.3, -0.25) is 4.79 Å². The molecule has 0 bridgehead atoms. The smallest absolute Gasteiger partial charge is 0.250 e. The van der Waals surface area contributed by atoms with E-state index in [-0.39, 0.29) is 22.4 Å². The summed E-state index contributed by atoms with van der Waals surface area (Å²) in [6.45, 7) is 8.95. The first-order chi connectivity index (χ1) is 15.4. The van der Waals surface area contributed by atoms with E-state index in [1.165, 1.54) is 4.57 Å². The van der Waals surface area contributed by atoms with Gasteiger partial charge >= 0.3 is 0 Å². The quantitative estimate of drug-likeness (QED) is 0.630. The number of aromatic nitrogens is 3. The molecular weight excluding hydrogens is 414 g/mol. The topological polar surface area (TPSA) is 83.3 Å². The zero-order valence-electron chi connectivity index (χ0n) is 20.3. The number of pyridine rings is 1. The van der Waals surface area contributed by atoms with Crippen molar-refractivity contribution in [1.82, 2.24) is 20.1 Å². The lowest BCUT2D eigenvalue weighted by Gasteiger charge is -2.49. The molecular formula is C26H33N5O2. The molecule has 0 saturated carbocycles. The number of nitrogens with one attached hydrogen (secondary N) is 1. The highest BCUT2D eigenvalue weighted by Gasteiger charge is 2.39. The highest BCUT2D eigenvalue weighted by molar-refractivity contribution is 5.75. The molecule has 0 radical (unpaired) electrons. The van der Waals surface area contributed by atoms with E-state index in [9.17, 15) is 9.90 Å². The summed E-state index contributed by atoms with van der Waals surface area (Å²) in [5, 5.41) is 23.1. The number of anilines is 1. The average molecular weight is 448 g/mol. The summed E-state index contributed by atoms with van der Waals surface area (Å²) in [6.07, 6.45) is 3.75. The number of aromatic hydroxyl groups is 1. The zero-order valence-corrected chi connectivity index (χ0v) is 20.3. The second-order valence-corrected chi connectivity index (χ2v) is 10.4. The van der Waals surface area contributed by atoms with Gasteiger partial charge in [0.15, 0.2) is 5.82 Å². The number of rotatable bonds is 4. The fraction of sp³-hybridized carbons (Fsp3) is 0.423. The van der Waals surface area contributed by atoms with E-state index in [0.717, 1.165) is 29.8 Å². The molecule has 7 nitrogen and oxygen atoms in total. The Balaban J connectivity index is 1.60. The maximum absolute atomic E-state index is 12.0. The van der Waals surface area contributed by atoms with Crippen LogP contribution in [-0.4, -0.2) is 44.0 Å². The standard InChI is InChI=1S/C26H33N5O2/c1-25(2)15-19(16-26(3,4)29-25)31(6)23-10-8-21(27-28-23)20-13-17(7-9-22(20)32)18-11-12-30(5)24(33)14-18/h7-14,19,29,32H,15-16H2,1-6H3. The summed E-state index contributed by atoms with van der Waals surface area (Å²) in [4.78, 5) is 14.2. The van der Waals surface area contributed by atoms with Crippen LogP contribution in [0.5, 0.6) is 5.75 Å². The van der Waals surface area contributed by atoms with Gasteiger partial charge in [0.1, 0.15) is 5.75 Å². The molecule has 4 rings (SSSR count). The maximum Gasteiger partial charge on any atom is 0.250 e. The van der Waals surface area contributed by atoms with Crippen LogP contribution in [0.4, 0.5) is 5.82 Å².